The van der Waals surface area contributed by atoms with Gasteiger partial charge in [0.2, 0.25) is 5.91 Å². The number of rotatable bonds is 4. The topological polar surface area (TPSA) is 66.8 Å². The molecule has 3 heterocycles. The molecule has 0 radical (unpaired) electrons. The highest BCUT2D eigenvalue weighted by Crippen LogP contribution is 2.42. The minimum absolute atomic E-state index is 0.0521. The molecule has 0 bridgehead atoms. The van der Waals surface area contributed by atoms with Crippen molar-refractivity contribution in [3.63, 3.8) is 0 Å². The number of carbonyl (C=O) groups excluding carboxylic acids is 1. The first-order valence-corrected chi connectivity index (χ1v) is 8.16. The van der Waals surface area contributed by atoms with Crippen LogP contribution in [0.2, 0.25) is 0 Å². The van der Waals surface area contributed by atoms with Gasteiger partial charge < -0.3 is 14.7 Å². The van der Waals surface area contributed by atoms with E-state index in [1.54, 1.807) is 16.2 Å². The second-order valence-electron chi connectivity index (χ2n) is 5.89. The molecule has 3 rings (SSSR count). The fourth-order valence-electron chi connectivity index (χ4n) is 3.33. The van der Waals surface area contributed by atoms with Crippen molar-refractivity contribution in [2.45, 2.75) is 19.3 Å². The molecule has 0 unspecified atom stereocenters. The van der Waals surface area contributed by atoms with Crippen LogP contribution < -0.4 is 0 Å². The Balaban J connectivity index is 1.64. The average Bonchev–Trinajstić information content (AvgIpc) is 3.12. The van der Waals surface area contributed by atoms with Gasteiger partial charge >= 0.3 is 5.97 Å². The van der Waals surface area contributed by atoms with Crippen LogP contribution in [-0.4, -0.2) is 48.2 Å². The van der Waals surface area contributed by atoms with Crippen molar-refractivity contribution in [1.29, 1.82) is 0 Å². The summed E-state index contributed by atoms with van der Waals surface area (Å²) in [6.45, 7) is 1.76. The molecule has 6 heteroatoms. The average molecular weight is 309 g/mol. The number of aliphatic carboxylic acids is 1. The van der Waals surface area contributed by atoms with Gasteiger partial charge in [-0.2, -0.15) is 11.3 Å². The summed E-state index contributed by atoms with van der Waals surface area (Å²) in [5.41, 5.74) is 0.372. The second kappa shape index (κ2) is 5.77. The Kier molecular flexibility index (Phi) is 3.99. The quantitative estimate of drug-likeness (QED) is 0.918. The maximum absolute atomic E-state index is 12.3. The van der Waals surface area contributed by atoms with Crippen LogP contribution in [0.3, 0.4) is 0 Å². The number of nitrogens with zero attached hydrogens (tertiary/aromatic N) is 1. The van der Waals surface area contributed by atoms with Crippen molar-refractivity contribution in [3.8, 4) is 0 Å². The molecule has 1 amide bonds. The molecule has 0 spiro atoms. The van der Waals surface area contributed by atoms with Gasteiger partial charge in [-0.1, -0.05) is 0 Å². The van der Waals surface area contributed by atoms with Gasteiger partial charge in [0.25, 0.3) is 0 Å². The fourth-order valence-corrected chi connectivity index (χ4v) is 4.04. The number of carboxylic acid groups (broad SMARTS) is 1. The number of ether oxygens (including phenoxy) is 1. The molecule has 21 heavy (non-hydrogen) atoms. The van der Waals surface area contributed by atoms with E-state index < -0.39 is 11.4 Å². The molecule has 2 atom stereocenters. The van der Waals surface area contributed by atoms with Crippen molar-refractivity contribution in [2.75, 3.05) is 26.3 Å². The van der Waals surface area contributed by atoms with Crippen molar-refractivity contribution in [2.24, 2.45) is 11.3 Å². The van der Waals surface area contributed by atoms with Gasteiger partial charge in [0, 0.05) is 32.0 Å². The highest BCUT2D eigenvalue weighted by atomic mass is 32.1. The van der Waals surface area contributed by atoms with Gasteiger partial charge in [0.05, 0.1) is 12.0 Å². The predicted molar refractivity (Wildman–Crippen MR) is 78.2 cm³/mol. The molecule has 1 aromatic rings. The number of likely N-dealkylation sites (tertiary alicyclic amines) is 1. The molecule has 1 aromatic heterocycles. The molecule has 2 aliphatic rings. The van der Waals surface area contributed by atoms with E-state index in [0.29, 0.717) is 39.1 Å². The van der Waals surface area contributed by atoms with Gasteiger partial charge in [-0.05, 0) is 35.2 Å². The number of amides is 1. The molecular weight excluding hydrogens is 290 g/mol. The number of carbonyl (C=O) groups is 2. The van der Waals surface area contributed by atoms with Crippen LogP contribution in [0.5, 0.6) is 0 Å². The van der Waals surface area contributed by atoms with Gasteiger partial charge in [-0.25, -0.2) is 0 Å². The summed E-state index contributed by atoms with van der Waals surface area (Å²) in [6.07, 6.45) is 1.67. The van der Waals surface area contributed by atoms with Gasteiger partial charge in [0.1, 0.15) is 0 Å². The Hall–Kier alpha value is -1.40. The molecule has 0 aromatic carbocycles. The predicted octanol–water partition coefficient (Wildman–Crippen LogP) is 1.63. The lowest BCUT2D eigenvalue weighted by Crippen LogP contribution is -2.45. The minimum Gasteiger partial charge on any atom is -0.481 e. The smallest absolute Gasteiger partial charge is 0.311 e. The summed E-state index contributed by atoms with van der Waals surface area (Å²) in [6, 6.07) is 2.02. The molecule has 2 aliphatic heterocycles. The van der Waals surface area contributed by atoms with Crippen LogP contribution in [-0.2, 0) is 20.7 Å². The maximum Gasteiger partial charge on any atom is 0.311 e. The summed E-state index contributed by atoms with van der Waals surface area (Å²) in [5.74, 6) is -0.811. The lowest BCUT2D eigenvalue weighted by atomic mass is 9.74. The fraction of sp³-hybridized carbons (Fsp3) is 0.600. The molecule has 0 aliphatic carbocycles. The van der Waals surface area contributed by atoms with E-state index in [-0.39, 0.29) is 11.8 Å². The molecule has 1 N–H and O–H groups in total. The van der Waals surface area contributed by atoms with Crippen LogP contribution in [0.15, 0.2) is 16.8 Å². The van der Waals surface area contributed by atoms with E-state index in [1.807, 2.05) is 16.8 Å². The maximum atomic E-state index is 12.3. The summed E-state index contributed by atoms with van der Waals surface area (Å²) < 4.78 is 5.41. The van der Waals surface area contributed by atoms with Crippen LogP contribution in [0.4, 0.5) is 0 Å². The standard InChI is InChI=1S/C15H19NO4S/c17-13(2-1-11-3-6-21-9-11)16-7-12-8-20-5-4-15(12,10-16)14(18)19/h3,6,9,12H,1-2,4-5,7-8,10H2,(H,18,19)/t12-,15+/m0/s1. The third-order valence-corrected chi connectivity index (χ3v) is 5.43. The zero-order valence-electron chi connectivity index (χ0n) is 11.8. The summed E-state index contributed by atoms with van der Waals surface area (Å²) in [5, 5.41) is 13.6. The summed E-state index contributed by atoms with van der Waals surface area (Å²) in [7, 11) is 0. The largest absolute Gasteiger partial charge is 0.481 e. The third-order valence-electron chi connectivity index (χ3n) is 4.69. The van der Waals surface area contributed by atoms with E-state index in [4.69, 9.17) is 4.74 Å². The number of thiophene rings is 1. The van der Waals surface area contributed by atoms with Crippen LogP contribution >= 0.6 is 11.3 Å². The van der Waals surface area contributed by atoms with E-state index in [2.05, 4.69) is 0 Å². The van der Waals surface area contributed by atoms with Gasteiger partial charge in [0.15, 0.2) is 0 Å². The third kappa shape index (κ3) is 2.70. The van der Waals surface area contributed by atoms with E-state index in [9.17, 15) is 14.7 Å². The van der Waals surface area contributed by atoms with Crippen LogP contribution in [0.25, 0.3) is 0 Å². The second-order valence-corrected chi connectivity index (χ2v) is 6.67. The number of fused-ring (bicyclic) bond motifs is 1. The monoisotopic (exact) mass is 309 g/mol. The first kappa shape index (κ1) is 14.5. The highest BCUT2D eigenvalue weighted by molar-refractivity contribution is 7.07. The van der Waals surface area contributed by atoms with Crippen molar-refractivity contribution >= 4 is 23.2 Å². The number of hydrogen-bond donors (Lipinski definition) is 1. The Morgan fingerprint density at radius 3 is 3.05 bits per heavy atom. The van der Waals surface area contributed by atoms with Crippen molar-refractivity contribution in [1.82, 2.24) is 4.90 Å². The Morgan fingerprint density at radius 1 is 1.52 bits per heavy atom. The zero-order chi connectivity index (χ0) is 14.9. The molecule has 2 saturated heterocycles. The van der Waals surface area contributed by atoms with E-state index >= 15 is 0 Å². The first-order chi connectivity index (χ1) is 10.1. The minimum atomic E-state index is -0.795. The number of aryl methyl sites for hydroxylation is 1. The van der Waals surface area contributed by atoms with Crippen LogP contribution in [0, 0.1) is 11.3 Å². The lowest BCUT2D eigenvalue weighted by molar-refractivity contribution is -0.157. The van der Waals surface area contributed by atoms with Crippen molar-refractivity contribution in [3.05, 3.63) is 22.4 Å². The zero-order valence-corrected chi connectivity index (χ0v) is 12.6. The molecule has 114 valence electrons. The van der Waals surface area contributed by atoms with E-state index in [0.717, 1.165) is 6.42 Å². The van der Waals surface area contributed by atoms with E-state index in [1.165, 1.54) is 5.56 Å². The summed E-state index contributed by atoms with van der Waals surface area (Å²) >= 11 is 1.62. The number of carboxylic acids is 1. The molecule has 5 nitrogen and oxygen atoms in total. The lowest BCUT2D eigenvalue weighted by Gasteiger charge is -2.33. The van der Waals surface area contributed by atoms with Gasteiger partial charge in [-0.3, -0.25) is 9.59 Å². The molecule has 2 fully saturated rings. The summed E-state index contributed by atoms with van der Waals surface area (Å²) in [4.78, 5) is 25.7. The Labute approximate surface area is 127 Å². The van der Waals surface area contributed by atoms with Gasteiger partial charge in [-0.15, -0.1) is 0 Å². The normalized spacial score (nSPS) is 28.4. The Morgan fingerprint density at radius 2 is 2.38 bits per heavy atom. The molecular formula is C15H19NO4S. The SMILES string of the molecule is O=C(CCc1ccsc1)N1C[C@H]2COCC[C@@]2(C(=O)O)C1. The molecule has 0 saturated carbocycles. The Bertz CT molecular complexity index is 530. The highest BCUT2D eigenvalue weighted by Gasteiger charge is 2.54. The van der Waals surface area contributed by atoms with Crippen LogP contribution in [0.1, 0.15) is 18.4 Å². The first-order valence-electron chi connectivity index (χ1n) is 7.22. The van der Waals surface area contributed by atoms with Crippen molar-refractivity contribution < 1.29 is 19.4 Å². The number of hydrogen-bond acceptors (Lipinski definition) is 4.